The Kier molecular flexibility index (Phi) is 48.4. The Morgan fingerprint density at radius 2 is 0.716 bits per heavy atom. The fraction of sp³-hybridized carbons (Fsp3) is 0.409. The predicted octanol–water partition coefficient (Wildman–Crippen LogP) is 9.78. The molecule has 0 fully saturated rings. The summed E-state index contributed by atoms with van der Waals surface area (Å²) in [5.74, 6) is 0. The van der Waals surface area contributed by atoms with E-state index < -0.39 is 30.9 Å². The number of halogens is 3. The summed E-state index contributed by atoms with van der Waals surface area (Å²) in [5, 5.41) is 7.34. The van der Waals surface area contributed by atoms with E-state index in [1.807, 2.05) is 199 Å². The second-order valence-electron chi connectivity index (χ2n) is 20.7. The third-order valence-electron chi connectivity index (χ3n) is 10.8. The zero-order chi connectivity index (χ0) is 62.9. The maximum Gasteiger partial charge on any atom is 1.00 e. The first-order valence-corrected chi connectivity index (χ1v) is 28.5. The molecule has 0 saturated carbocycles. The Bertz CT molecular complexity index is 2480. The summed E-state index contributed by atoms with van der Waals surface area (Å²) >= 11 is 0. The summed E-state index contributed by atoms with van der Waals surface area (Å²) in [6.45, 7) is 22.1. The third kappa shape index (κ3) is 48.1. The minimum Gasteiger partial charge on any atom is -1.00 e. The number of likely N-dealkylation sites (N-methyl/N-ethyl adjacent to an activating group) is 1. The van der Waals surface area contributed by atoms with E-state index in [1.165, 1.54) is 11.1 Å². The van der Waals surface area contributed by atoms with Crippen LogP contribution in [0.5, 0.6) is 0 Å². The number of amides is 2. The molecule has 0 saturated heterocycles. The Morgan fingerprint density at radius 3 is 0.966 bits per heavy atom. The van der Waals surface area contributed by atoms with Gasteiger partial charge in [0.2, 0.25) is 0 Å². The normalized spacial score (nSPS) is 10.5. The quantitative estimate of drug-likeness (QED) is 0.0191. The van der Waals surface area contributed by atoms with Gasteiger partial charge in [0.25, 0.3) is 0 Å². The molecule has 0 unspecified atom stereocenters. The van der Waals surface area contributed by atoms with Gasteiger partial charge in [-0.15, -0.1) is 0 Å². The number of carbonyl (C=O) groups is 2. The summed E-state index contributed by atoms with van der Waals surface area (Å²) < 4.78 is 78.7. The van der Waals surface area contributed by atoms with E-state index in [9.17, 15) is 22.5 Å². The molecule has 0 bridgehead atoms. The maximum atomic E-state index is 11.9. The second kappa shape index (κ2) is 51.9. The van der Waals surface area contributed by atoms with Gasteiger partial charge in [-0.2, -0.15) is 5.10 Å². The molecule has 4 N–H and O–H groups in total. The molecule has 6 rings (SSSR count). The molecule has 0 heterocycles. The van der Waals surface area contributed by atoms with Crippen LogP contribution in [-0.4, -0.2) is 117 Å². The number of nitrogens with zero attached hydrogens (tertiary/aromatic N) is 1. The standard InChI is InChI=1S/C22H30N2O4.C22H28N2O4.C18H23NO2.C4H10O.BF3.B.Na.H/c2*1-22(2,3)28-21(25)24-23-20(16-26-14-18-10-6-4-7-11-18)17-27-15-19-12-8-5-9-13-19;1-19-18(14-20-12-16-8-4-2-5-9-16)15-21-13-17-10-6-3-7-11-17;1-3-5-4-2;2-1(3)4;;;/h4-13,20,23H,14-17H2,1-3H3,(H,24,25);4-13H,14-17H2,1-3H3,(H,24,25);2-11,18-19H,12-15H2,1H3;3-4H2,1-2H3;;;;/q;;;;;;+1;-1. The fourth-order valence-corrected chi connectivity index (χ4v) is 6.84. The molecule has 3 radical (unpaired) electrons. The van der Waals surface area contributed by atoms with Gasteiger partial charge in [0.1, 0.15) is 11.2 Å². The van der Waals surface area contributed by atoms with E-state index in [0.717, 1.165) is 35.5 Å². The maximum absolute atomic E-state index is 11.9. The Balaban J connectivity index is 0. The first-order chi connectivity index (χ1) is 41.4. The van der Waals surface area contributed by atoms with Gasteiger partial charge >= 0.3 is 49.3 Å². The largest absolute Gasteiger partial charge is 1.00 e. The topological polar surface area (TPSA) is 178 Å². The monoisotopic (exact) mass is 1230 g/mol. The zero-order valence-corrected chi connectivity index (χ0v) is 55.1. The van der Waals surface area contributed by atoms with Crippen molar-refractivity contribution in [2.24, 2.45) is 5.10 Å². The molecule has 0 aliphatic heterocycles. The summed E-state index contributed by atoms with van der Waals surface area (Å²) in [6, 6.07) is 59.9. The zero-order valence-electron chi connectivity index (χ0n) is 54.1. The Morgan fingerprint density at radius 1 is 0.455 bits per heavy atom. The number of benzene rings is 6. The van der Waals surface area contributed by atoms with Crippen molar-refractivity contribution in [1.29, 1.82) is 0 Å². The Hall–Kier alpha value is -5.91. The van der Waals surface area contributed by atoms with E-state index in [1.54, 1.807) is 20.8 Å². The molecule has 22 heteroatoms. The van der Waals surface area contributed by atoms with Gasteiger partial charge in [0.05, 0.1) is 97.1 Å². The van der Waals surface area contributed by atoms with E-state index >= 15 is 0 Å². The molecule has 0 atom stereocenters. The summed E-state index contributed by atoms with van der Waals surface area (Å²) in [7, 11) is -1.73. The second-order valence-corrected chi connectivity index (χ2v) is 20.7. The van der Waals surface area contributed by atoms with Crippen molar-refractivity contribution in [3.8, 4) is 0 Å². The van der Waals surface area contributed by atoms with Crippen molar-refractivity contribution in [3.63, 3.8) is 0 Å². The third-order valence-corrected chi connectivity index (χ3v) is 10.8. The molecule has 16 nitrogen and oxygen atoms in total. The average molecular weight is 1230 g/mol. The summed E-state index contributed by atoms with van der Waals surface area (Å²) in [4.78, 5) is 23.7. The number of hydrogen-bond acceptors (Lipinski definition) is 14. The number of ether oxygens (including phenoxy) is 9. The van der Waals surface area contributed by atoms with Crippen LogP contribution in [0.3, 0.4) is 0 Å². The van der Waals surface area contributed by atoms with Gasteiger partial charge in [-0.05, 0) is 95.8 Å². The first kappa shape index (κ1) is 82.1. The van der Waals surface area contributed by atoms with Gasteiger partial charge in [0.15, 0.2) is 0 Å². The van der Waals surface area contributed by atoms with Crippen molar-refractivity contribution < 1.29 is 96.2 Å². The minimum absolute atomic E-state index is 0. The van der Waals surface area contributed by atoms with Crippen molar-refractivity contribution >= 4 is 33.9 Å². The van der Waals surface area contributed by atoms with Gasteiger partial charge in [-0.1, -0.05) is 182 Å². The van der Waals surface area contributed by atoms with Crippen molar-refractivity contribution in [3.05, 3.63) is 215 Å². The predicted molar refractivity (Wildman–Crippen MR) is 341 cm³/mol. The number of hydrogen-bond donors (Lipinski definition) is 4. The van der Waals surface area contributed by atoms with Crippen LogP contribution >= 0.6 is 0 Å². The van der Waals surface area contributed by atoms with Crippen LogP contribution in [0.15, 0.2) is 187 Å². The van der Waals surface area contributed by atoms with E-state index in [0.29, 0.717) is 71.8 Å². The summed E-state index contributed by atoms with van der Waals surface area (Å²) in [6.07, 6.45) is -1.15. The molecular formula is C66H92B2F3N5NaO11. The molecular weight excluding hydrogens is 1140 g/mol. The molecule has 0 aromatic heterocycles. The van der Waals surface area contributed by atoms with Gasteiger partial charge < -0.3 is 49.4 Å². The van der Waals surface area contributed by atoms with Crippen LogP contribution in [0.2, 0.25) is 0 Å². The van der Waals surface area contributed by atoms with Crippen molar-refractivity contribution in [1.82, 2.24) is 21.6 Å². The van der Waals surface area contributed by atoms with Gasteiger partial charge in [-0.25, -0.2) is 20.4 Å². The number of nitrogens with one attached hydrogen (secondary N) is 4. The number of hydrazone groups is 1. The molecule has 0 spiro atoms. The van der Waals surface area contributed by atoms with Crippen LogP contribution in [0, 0.1) is 0 Å². The molecule has 88 heavy (non-hydrogen) atoms. The smallest absolute Gasteiger partial charge is 1.00 e. The summed E-state index contributed by atoms with van der Waals surface area (Å²) in [5.41, 5.74) is 14.0. The van der Waals surface area contributed by atoms with E-state index in [2.05, 4.69) is 51.0 Å². The van der Waals surface area contributed by atoms with Gasteiger partial charge in [0, 0.05) is 21.6 Å². The van der Waals surface area contributed by atoms with Crippen LogP contribution in [0.25, 0.3) is 0 Å². The fourth-order valence-electron chi connectivity index (χ4n) is 6.84. The van der Waals surface area contributed by atoms with E-state index in [-0.39, 0.29) is 64.7 Å². The van der Waals surface area contributed by atoms with Crippen LogP contribution in [0.4, 0.5) is 22.5 Å². The Labute approximate surface area is 547 Å². The number of hydrazine groups is 1. The first-order valence-electron chi connectivity index (χ1n) is 28.5. The van der Waals surface area contributed by atoms with Gasteiger partial charge in [-0.3, -0.25) is 18.4 Å². The van der Waals surface area contributed by atoms with Crippen LogP contribution in [-0.2, 0) is 82.3 Å². The van der Waals surface area contributed by atoms with Crippen molar-refractivity contribution in [2.45, 2.75) is 118 Å². The van der Waals surface area contributed by atoms with E-state index in [4.69, 9.17) is 42.6 Å². The molecule has 475 valence electrons. The van der Waals surface area contributed by atoms with Crippen LogP contribution in [0.1, 0.15) is 90.2 Å². The van der Waals surface area contributed by atoms with Crippen LogP contribution < -0.4 is 51.2 Å². The number of rotatable bonds is 30. The van der Waals surface area contributed by atoms with Crippen molar-refractivity contribution in [2.75, 3.05) is 59.9 Å². The SMILES string of the molecule is CC(C)(C)OC(=O)NN=C(COCc1ccccc1)COCc1ccccc1.CC(C)(C)OC(=O)NNC(COCc1ccccc1)COCc1ccccc1.CCOCC.CNC(COCc1ccccc1)COCc1ccccc1.FB(F)F.[B].[H-].[Na+]. The molecule has 6 aromatic rings. The molecule has 0 aliphatic carbocycles. The molecule has 6 aromatic carbocycles. The minimum atomic E-state index is -3.67. The average Bonchev–Trinajstić information content (AvgIpc) is 3.50. The number of carbonyl (C=O) groups excluding carboxylic acids is 2. The molecule has 2 amide bonds. The molecule has 0 aliphatic rings.